The first kappa shape index (κ1) is 17.1. The minimum Gasteiger partial charge on any atom is -0.389 e. The summed E-state index contributed by atoms with van der Waals surface area (Å²) in [5, 5.41) is 12.6. The number of ether oxygens (including phenoxy) is 1. The van der Waals surface area contributed by atoms with E-state index in [9.17, 15) is 9.90 Å². The Morgan fingerprint density at radius 2 is 2.20 bits per heavy atom. The van der Waals surface area contributed by atoms with Crippen molar-refractivity contribution in [3.05, 3.63) is 16.1 Å². The highest BCUT2D eigenvalue weighted by molar-refractivity contribution is 7.09. The molecule has 20 heavy (non-hydrogen) atoms. The van der Waals surface area contributed by atoms with Crippen molar-refractivity contribution >= 4 is 17.2 Å². The standard InChI is InChI=1S/C14H24N2O3S/c1-14(2,3)13-15-10(9-20-13)6-12(18)16(4)7-11(17)8-19-5/h9,11,17H,6-8H2,1-5H3. The maximum Gasteiger partial charge on any atom is 0.228 e. The van der Waals surface area contributed by atoms with Gasteiger partial charge < -0.3 is 14.7 Å². The highest BCUT2D eigenvalue weighted by Crippen LogP contribution is 2.25. The van der Waals surface area contributed by atoms with Crippen molar-refractivity contribution in [2.75, 3.05) is 27.3 Å². The zero-order valence-corrected chi connectivity index (χ0v) is 13.7. The number of carbonyl (C=O) groups is 1. The fourth-order valence-electron chi connectivity index (χ4n) is 1.69. The van der Waals surface area contributed by atoms with Crippen molar-refractivity contribution in [2.45, 2.75) is 38.7 Å². The summed E-state index contributed by atoms with van der Waals surface area (Å²) in [6.07, 6.45) is -0.391. The molecule has 0 spiro atoms. The van der Waals surface area contributed by atoms with E-state index in [1.54, 1.807) is 18.4 Å². The summed E-state index contributed by atoms with van der Waals surface area (Å²) in [7, 11) is 3.20. The quantitative estimate of drug-likeness (QED) is 0.864. The summed E-state index contributed by atoms with van der Waals surface area (Å²) in [6.45, 7) is 6.80. The molecule has 1 heterocycles. The number of rotatable bonds is 6. The fraction of sp³-hybridized carbons (Fsp3) is 0.714. The molecule has 0 aliphatic rings. The Labute approximate surface area is 124 Å². The monoisotopic (exact) mass is 300 g/mol. The highest BCUT2D eigenvalue weighted by atomic mass is 32.1. The molecule has 1 rings (SSSR count). The first-order chi connectivity index (χ1) is 9.24. The molecule has 0 aliphatic carbocycles. The van der Waals surface area contributed by atoms with Gasteiger partial charge in [0, 0.05) is 31.5 Å². The van der Waals surface area contributed by atoms with Crippen molar-refractivity contribution < 1.29 is 14.6 Å². The van der Waals surface area contributed by atoms with Gasteiger partial charge in [-0.05, 0) is 0 Å². The average molecular weight is 300 g/mol. The molecule has 0 saturated carbocycles. The number of hydrogen-bond donors (Lipinski definition) is 1. The lowest BCUT2D eigenvalue weighted by Crippen LogP contribution is -2.37. The second kappa shape index (κ2) is 7.15. The molecule has 0 fully saturated rings. The number of likely N-dealkylation sites (N-methyl/N-ethyl adjacent to an activating group) is 1. The van der Waals surface area contributed by atoms with Crippen molar-refractivity contribution in [3.8, 4) is 0 Å². The molecular formula is C14H24N2O3S. The minimum atomic E-state index is -0.658. The van der Waals surface area contributed by atoms with E-state index in [1.807, 2.05) is 5.38 Å². The molecule has 1 aromatic rings. The molecule has 1 amide bonds. The van der Waals surface area contributed by atoms with Gasteiger partial charge >= 0.3 is 0 Å². The summed E-state index contributed by atoms with van der Waals surface area (Å²) in [5.74, 6) is -0.0501. The smallest absolute Gasteiger partial charge is 0.228 e. The van der Waals surface area contributed by atoms with Crippen molar-refractivity contribution in [1.29, 1.82) is 0 Å². The summed E-state index contributed by atoms with van der Waals surface area (Å²) in [4.78, 5) is 18.1. The summed E-state index contributed by atoms with van der Waals surface area (Å²) >= 11 is 1.58. The van der Waals surface area contributed by atoms with Gasteiger partial charge in [-0.2, -0.15) is 0 Å². The first-order valence-corrected chi connectivity index (χ1v) is 7.48. The van der Waals surface area contributed by atoms with Crippen molar-refractivity contribution in [2.24, 2.45) is 0 Å². The molecule has 1 atom stereocenters. The van der Waals surface area contributed by atoms with E-state index in [0.29, 0.717) is 0 Å². The second-order valence-electron chi connectivity index (χ2n) is 5.95. The Kier molecular flexibility index (Phi) is 6.10. The molecule has 0 radical (unpaired) electrons. The van der Waals surface area contributed by atoms with Gasteiger partial charge in [0.05, 0.1) is 29.8 Å². The number of aromatic nitrogens is 1. The molecule has 0 bridgehead atoms. The Morgan fingerprint density at radius 1 is 1.55 bits per heavy atom. The minimum absolute atomic E-state index is 0.00647. The van der Waals surface area contributed by atoms with Crippen LogP contribution in [0.15, 0.2) is 5.38 Å². The van der Waals surface area contributed by atoms with Gasteiger partial charge in [0.15, 0.2) is 0 Å². The van der Waals surface area contributed by atoms with Crippen LogP contribution in [0.5, 0.6) is 0 Å². The number of aliphatic hydroxyl groups is 1. The lowest BCUT2D eigenvalue weighted by molar-refractivity contribution is -0.130. The largest absolute Gasteiger partial charge is 0.389 e. The van der Waals surface area contributed by atoms with Crippen LogP contribution in [0.25, 0.3) is 0 Å². The Balaban J connectivity index is 2.55. The van der Waals surface area contributed by atoms with Crippen LogP contribution in [0, 0.1) is 0 Å². The Bertz CT molecular complexity index is 440. The van der Waals surface area contributed by atoms with Gasteiger partial charge in [-0.3, -0.25) is 4.79 Å². The third-order valence-corrected chi connectivity index (χ3v) is 4.11. The van der Waals surface area contributed by atoms with Gasteiger partial charge in [0.1, 0.15) is 0 Å². The predicted octanol–water partition coefficient (Wildman–Crippen LogP) is 1.45. The first-order valence-electron chi connectivity index (χ1n) is 6.60. The van der Waals surface area contributed by atoms with Crippen LogP contribution in [-0.4, -0.2) is 54.3 Å². The number of nitrogens with zero attached hydrogens (tertiary/aromatic N) is 2. The predicted molar refractivity (Wildman–Crippen MR) is 80.0 cm³/mol. The number of aliphatic hydroxyl groups excluding tert-OH is 1. The SMILES string of the molecule is COCC(O)CN(C)C(=O)Cc1csc(C(C)(C)C)n1. The van der Waals surface area contributed by atoms with E-state index in [2.05, 4.69) is 25.8 Å². The van der Waals surface area contributed by atoms with Crippen LogP contribution >= 0.6 is 11.3 Å². The van der Waals surface area contributed by atoms with E-state index < -0.39 is 6.10 Å². The van der Waals surface area contributed by atoms with Crippen LogP contribution in [-0.2, 0) is 21.4 Å². The third-order valence-electron chi connectivity index (χ3n) is 2.80. The van der Waals surface area contributed by atoms with E-state index in [0.717, 1.165) is 10.7 Å². The molecule has 1 N–H and O–H groups in total. The van der Waals surface area contributed by atoms with Crippen molar-refractivity contribution in [1.82, 2.24) is 9.88 Å². The van der Waals surface area contributed by atoms with Gasteiger partial charge in [-0.1, -0.05) is 20.8 Å². The van der Waals surface area contributed by atoms with Crippen LogP contribution < -0.4 is 0 Å². The molecule has 6 heteroatoms. The summed E-state index contributed by atoms with van der Waals surface area (Å²) in [5.41, 5.74) is 0.796. The van der Waals surface area contributed by atoms with Crippen molar-refractivity contribution in [3.63, 3.8) is 0 Å². The fourth-order valence-corrected chi connectivity index (χ4v) is 2.59. The topological polar surface area (TPSA) is 62.7 Å². The molecule has 1 aromatic heterocycles. The summed E-state index contributed by atoms with van der Waals surface area (Å²) in [6, 6.07) is 0. The second-order valence-corrected chi connectivity index (χ2v) is 6.81. The molecule has 0 aromatic carbocycles. The molecule has 114 valence electrons. The third kappa shape index (κ3) is 5.19. The average Bonchev–Trinajstić information content (AvgIpc) is 2.77. The van der Waals surface area contributed by atoms with E-state index >= 15 is 0 Å². The van der Waals surface area contributed by atoms with E-state index in [-0.39, 0.29) is 30.9 Å². The van der Waals surface area contributed by atoms with E-state index in [1.165, 1.54) is 12.0 Å². The van der Waals surface area contributed by atoms with E-state index in [4.69, 9.17) is 4.74 Å². The molecule has 0 aliphatic heterocycles. The van der Waals surface area contributed by atoms with Crippen LogP contribution in [0.3, 0.4) is 0 Å². The number of thiazole rings is 1. The van der Waals surface area contributed by atoms with Gasteiger partial charge in [0.2, 0.25) is 5.91 Å². The van der Waals surface area contributed by atoms with Gasteiger partial charge in [-0.25, -0.2) is 4.98 Å². The lowest BCUT2D eigenvalue weighted by atomic mass is 9.98. The van der Waals surface area contributed by atoms with Crippen LogP contribution in [0.4, 0.5) is 0 Å². The highest BCUT2D eigenvalue weighted by Gasteiger charge is 2.20. The zero-order valence-electron chi connectivity index (χ0n) is 12.8. The molecular weight excluding hydrogens is 276 g/mol. The van der Waals surface area contributed by atoms with Gasteiger partial charge in [0.25, 0.3) is 0 Å². The number of amides is 1. The summed E-state index contributed by atoms with van der Waals surface area (Å²) < 4.78 is 4.84. The normalized spacial score (nSPS) is 13.3. The van der Waals surface area contributed by atoms with Crippen LogP contribution in [0.1, 0.15) is 31.5 Å². The lowest BCUT2D eigenvalue weighted by Gasteiger charge is -2.20. The number of hydrogen-bond acceptors (Lipinski definition) is 5. The molecule has 1 unspecified atom stereocenters. The van der Waals surface area contributed by atoms with Gasteiger partial charge in [-0.15, -0.1) is 11.3 Å². The molecule has 0 saturated heterocycles. The Morgan fingerprint density at radius 3 is 2.70 bits per heavy atom. The number of methoxy groups -OCH3 is 1. The molecule has 5 nitrogen and oxygen atoms in total. The zero-order chi connectivity index (χ0) is 15.3. The maximum absolute atomic E-state index is 12.0. The Hall–Kier alpha value is -0.980. The number of carbonyl (C=O) groups excluding carboxylic acids is 1. The maximum atomic E-state index is 12.0. The van der Waals surface area contributed by atoms with Crippen LogP contribution in [0.2, 0.25) is 0 Å².